The highest BCUT2D eigenvalue weighted by Crippen LogP contribution is 2.31. The summed E-state index contributed by atoms with van der Waals surface area (Å²) in [5, 5.41) is 0. The fourth-order valence-electron chi connectivity index (χ4n) is 2.29. The molecule has 0 spiro atoms. The normalized spacial score (nSPS) is 17.7. The van der Waals surface area contributed by atoms with Gasteiger partial charge in [-0.05, 0) is 11.1 Å². The van der Waals surface area contributed by atoms with Crippen LogP contribution >= 0.6 is 0 Å². The van der Waals surface area contributed by atoms with Gasteiger partial charge >= 0.3 is 0 Å². The van der Waals surface area contributed by atoms with Crippen molar-refractivity contribution in [1.29, 1.82) is 0 Å². The molecule has 2 heteroatoms. The van der Waals surface area contributed by atoms with Crippen molar-refractivity contribution in [3.8, 4) is 0 Å². The summed E-state index contributed by atoms with van der Waals surface area (Å²) in [6.45, 7) is 0. The van der Waals surface area contributed by atoms with Crippen LogP contribution in [0.5, 0.6) is 0 Å². The van der Waals surface area contributed by atoms with Crippen LogP contribution < -0.4 is 0 Å². The minimum Gasteiger partial charge on any atom is -0.338 e. The van der Waals surface area contributed by atoms with Crippen molar-refractivity contribution in [1.82, 2.24) is 9.55 Å². The number of fused-ring (bicyclic) bond motifs is 1. The predicted octanol–water partition coefficient (Wildman–Crippen LogP) is 2.77. The zero-order valence-corrected chi connectivity index (χ0v) is 9.30. The average Bonchev–Trinajstić information content (AvgIpc) is 2.88. The van der Waals surface area contributed by atoms with E-state index in [2.05, 4.69) is 46.0 Å². The van der Waals surface area contributed by atoms with Crippen LogP contribution in [0.15, 0.2) is 42.7 Å². The lowest BCUT2D eigenvalue weighted by Crippen LogP contribution is -2.04. The Morgan fingerprint density at radius 3 is 3.00 bits per heavy atom. The van der Waals surface area contributed by atoms with Gasteiger partial charge in [-0.25, -0.2) is 4.98 Å². The molecular formula is C14H14N2. The molecule has 3 rings (SSSR count). The van der Waals surface area contributed by atoms with E-state index in [1.807, 2.05) is 19.4 Å². The minimum absolute atomic E-state index is 0.484. The van der Waals surface area contributed by atoms with Gasteiger partial charge in [-0.3, -0.25) is 0 Å². The van der Waals surface area contributed by atoms with E-state index in [0.29, 0.717) is 5.92 Å². The molecule has 1 aromatic carbocycles. The number of aromatic nitrogens is 2. The smallest absolute Gasteiger partial charge is 0.109 e. The third-order valence-electron chi connectivity index (χ3n) is 3.23. The number of hydrogen-bond acceptors (Lipinski definition) is 1. The number of hydrogen-bond donors (Lipinski definition) is 0. The molecule has 1 aliphatic rings. The molecule has 1 unspecified atom stereocenters. The first kappa shape index (κ1) is 9.40. The van der Waals surface area contributed by atoms with Crippen LogP contribution in [0.4, 0.5) is 0 Å². The monoisotopic (exact) mass is 210 g/mol. The summed E-state index contributed by atoms with van der Waals surface area (Å²) < 4.78 is 2.09. The number of benzene rings is 1. The molecule has 1 atom stereocenters. The molecular weight excluding hydrogens is 196 g/mol. The molecule has 0 N–H and O–H groups in total. The molecule has 0 saturated heterocycles. The predicted molar refractivity (Wildman–Crippen MR) is 65.1 cm³/mol. The van der Waals surface area contributed by atoms with E-state index in [4.69, 9.17) is 0 Å². The van der Waals surface area contributed by atoms with E-state index < -0.39 is 0 Å². The van der Waals surface area contributed by atoms with E-state index in [1.165, 1.54) is 11.1 Å². The minimum atomic E-state index is 0.484. The van der Waals surface area contributed by atoms with Crippen LogP contribution in [0.3, 0.4) is 0 Å². The van der Waals surface area contributed by atoms with Gasteiger partial charge in [-0.1, -0.05) is 36.4 Å². The Labute approximate surface area is 95.3 Å². The zero-order chi connectivity index (χ0) is 11.0. The van der Waals surface area contributed by atoms with Gasteiger partial charge in [0.15, 0.2) is 0 Å². The van der Waals surface area contributed by atoms with Crippen LogP contribution in [0.1, 0.15) is 22.9 Å². The van der Waals surface area contributed by atoms with Crippen molar-refractivity contribution in [3.63, 3.8) is 0 Å². The van der Waals surface area contributed by atoms with Crippen LogP contribution in [-0.4, -0.2) is 9.55 Å². The van der Waals surface area contributed by atoms with Crippen LogP contribution in [-0.2, 0) is 13.5 Å². The van der Waals surface area contributed by atoms with Crippen molar-refractivity contribution in [3.05, 3.63) is 59.7 Å². The topological polar surface area (TPSA) is 17.8 Å². The Hall–Kier alpha value is -1.83. The molecule has 0 bridgehead atoms. The molecule has 0 aliphatic heterocycles. The van der Waals surface area contributed by atoms with Crippen molar-refractivity contribution < 1.29 is 0 Å². The van der Waals surface area contributed by atoms with Crippen LogP contribution in [0, 0.1) is 0 Å². The molecule has 0 fully saturated rings. The van der Waals surface area contributed by atoms with Crippen molar-refractivity contribution >= 4 is 6.08 Å². The average molecular weight is 210 g/mol. The van der Waals surface area contributed by atoms with E-state index in [0.717, 1.165) is 12.2 Å². The summed E-state index contributed by atoms with van der Waals surface area (Å²) in [6, 6.07) is 8.58. The van der Waals surface area contributed by atoms with E-state index in [1.54, 1.807) is 0 Å². The fraction of sp³-hybridized carbons (Fsp3) is 0.214. The van der Waals surface area contributed by atoms with Gasteiger partial charge < -0.3 is 4.57 Å². The summed E-state index contributed by atoms with van der Waals surface area (Å²) in [7, 11) is 2.05. The zero-order valence-electron chi connectivity index (χ0n) is 9.30. The molecule has 2 nitrogen and oxygen atoms in total. The highest BCUT2D eigenvalue weighted by Gasteiger charge is 2.18. The third-order valence-corrected chi connectivity index (χ3v) is 3.23. The number of aryl methyl sites for hydroxylation is 1. The summed E-state index contributed by atoms with van der Waals surface area (Å²) >= 11 is 0. The van der Waals surface area contributed by atoms with Crippen LogP contribution in [0.25, 0.3) is 6.08 Å². The van der Waals surface area contributed by atoms with Crippen molar-refractivity contribution in [2.75, 3.05) is 0 Å². The lowest BCUT2D eigenvalue weighted by atomic mass is 9.97. The second kappa shape index (κ2) is 3.63. The number of nitrogens with zero attached hydrogens (tertiary/aromatic N) is 2. The molecule has 1 aliphatic carbocycles. The first-order valence-corrected chi connectivity index (χ1v) is 5.58. The molecule has 1 heterocycles. The third kappa shape index (κ3) is 1.47. The number of rotatable bonds is 2. The molecule has 0 saturated carbocycles. The Kier molecular flexibility index (Phi) is 2.13. The first-order valence-electron chi connectivity index (χ1n) is 5.58. The Balaban J connectivity index is 1.89. The fourth-order valence-corrected chi connectivity index (χ4v) is 2.29. The maximum absolute atomic E-state index is 4.38. The van der Waals surface area contributed by atoms with Gasteiger partial charge in [0, 0.05) is 31.8 Å². The van der Waals surface area contributed by atoms with E-state index in [-0.39, 0.29) is 0 Å². The molecule has 1 aromatic heterocycles. The maximum Gasteiger partial charge on any atom is 0.109 e. The SMILES string of the molecule is Cn1ccnc1CC1C=Cc2ccccc21. The standard InChI is InChI=1S/C14H14N2/c1-16-9-8-15-14(16)10-12-7-6-11-4-2-3-5-13(11)12/h2-9,12H,10H2,1H3. The van der Waals surface area contributed by atoms with Crippen LogP contribution in [0.2, 0.25) is 0 Å². The summed E-state index contributed by atoms with van der Waals surface area (Å²) in [5.41, 5.74) is 2.77. The lowest BCUT2D eigenvalue weighted by molar-refractivity contribution is 0.730. The van der Waals surface area contributed by atoms with Crippen molar-refractivity contribution in [2.45, 2.75) is 12.3 Å². The number of allylic oxidation sites excluding steroid dienone is 1. The van der Waals surface area contributed by atoms with Gasteiger partial charge in [-0.15, -0.1) is 0 Å². The molecule has 16 heavy (non-hydrogen) atoms. The van der Waals surface area contributed by atoms with E-state index >= 15 is 0 Å². The van der Waals surface area contributed by atoms with Gasteiger partial charge in [0.2, 0.25) is 0 Å². The molecule has 0 amide bonds. The summed E-state index contributed by atoms with van der Waals surface area (Å²) in [6.07, 6.45) is 9.33. The number of imidazole rings is 1. The second-order valence-electron chi connectivity index (χ2n) is 4.25. The molecule has 0 radical (unpaired) electrons. The van der Waals surface area contributed by atoms with Gasteiger partial charge in [0.25, 0.3) is 0 Å². The largest absolute Gasteiger partial charge is 0.338 e. The maximum atomic E-state index is 4.38. The Morgan fingerprint density at radius 2 is 2.19 bits per heavy atom. The van der Waals surface area contributed by atoms with Gasteiger partial charge in [0.05, 0.1) is 0 Å². The Bertz CT molecular complexity index is 537. The van der Waals surface area contributed by atoms with Crippen molar-refractivity contribution in [2.24, 2.45) is 7.05 Å². The molecule has 2 aromatic rings. The summed E-state index contributed by atoms with van der Waals surface area (Å²) in [5.74, 6) is 1.63. The Morgan fingerprint density at radius 1 is 1.31 bits per heavy atom. The van der Waals surface area contributed by atoms with E-state index in [9.17, 15) is 0 Å². The molecule has 80 valence electrons. The highest BCUT2D eigenvalue weighted by atomic mass is 15.0. The lowest BCUT2D eigenvalue weighted by Gasteiger charge is -2.10. The highest BCUT2D eigenvalue weighted by molar-refractivity contribution is 5.62. The van der Waals surface area contributed by atoms with Gasteiger partial charge in [-0.2, -0.15) is 0 Å². The summed E-state index contributed by atoms with van der Waals surface area (Å²) in [4.78, 5) is 4.38. The first-order chi connectivity index (χ1) is 7.84. The van der Waals surface area contributed by atoms with Gasteiger partial charge in [0.1, 0.15) is 5.82 Å². The quantitative estimate of drug-likeness (QED) is 0.745. The second-order valence-corrected chi connectivity index (χ2v) is 4.25.